The van der Waals surface area contributed by atoms with E-state index in [1.54, 1.807) is 6.07 Å². The van der Waals surface area contributed by atoms with Crippen LogP contribution in [0.15, 0.2) is 59.7 Å². The van der Waals surface area contributed by atoms with Gasteiger partial charge in [-0.1, -0.05) is 19.0 Å². The number of pyridine rings is 1. The summed E-state index contributed by atoms with van der Waals surface area (Å²) in [5.41, 5.74) is 1.03. The second kappa shape index (κ2) is 8.96. The fraction of sp³-hybridized carbons (Fsp3) is 0.136. The Morgan fingerprint density at radius 2 is 1.66 bits per heavy atom. The number of urea groups is 1. The summed E-state index contributed by atoms with van der Waals surface area (Å²) in [7, 11) is 0. The molecule has 0 unspecified atom stereocenters. The number of nitrogens with one attached hydrogen (secondary N) is 2. The molecule has 1 aliphatic heterocycles. The topological polar surface area (TPSA) is 66.4 Å². The van der Waals surface area contributed by atoms with E-state index in [1.807, 2.05) is 0 Å². The lowest BCUT2D eigenvalue weighted by Gasteiger charge is -2.11. The Balaban J connectivity index is 0.00000289. The van der Waals surface area contributed by atoms with E-state index in [0.29, 0.717) is 23.0 Å². The summed E-state index contributed by atoms with van der Waals surface area (Å²) >= 11 is 5.93. The van der Waals surface area contributed by atoms with Gasteiger partial charge in [-0.2, -0.15) is 13.2 Å². The van der Waals surface area contributed by atoms with E-state index in [0.717, 1.165) is 29.8 Å². The number of hydrogen-bond acceptors (Lipinski definition) is 3. The Morgan fingerprint density at radius 1 is 1.00 bits per heavy atom. The molecule has 10 heteroatoms. The van der Waals surface area contributed by atoms with Gasteiger partial charge in [0.25, 0.3) is 0 Å². The first-order valence-electron chi connectivity index (χ1n) is 8.96. The summed E-state index contributed by atoms with van der Waals surface area (Å²) < 4.78 is 52.3. The van der Waals surface area contributed by atoms with Crippen LogP contribution in [0.2, 0.25) is 5.02 Å². The van der Waals surface area contributed by atoms with Crippen molar-refractivity contribution >= 4 is 40.5 Å². The minimum atomic E-state index is -4.46. The third kappa shape index (κ3) is 5.05. The molecule has 0 saturated carbocycles. The highest BCUT2D eigenvalue weighted by Crippen LogP contribution is 2.31. The summed E-state index contributed by atoms with van der Waals surface area (Å²) in [5.74, 6) is -0.0661. The lowest BCUT2D eigenvalue weighted by molar-refractivity contribution is -0.137. The van der Waals surface area contributed by atoms with E-state index in [4.69, 9.17) is 11.6 Å². The normalized spacial score (nSPS) is 12.5. The minimum absolute atomic E-state index is 0. The van der Waals surface area contributed by atoms with Crippen LogP contribution < -0.4 is 10.6 Å². The summed E-state index contributed by atoms with van der Waals surface area (Å²) in [5, 5.41) is 5.40. The van der Waals surface area contributed by atoms with Crippen LogP contribution in [0.4, 0.5) is 39.5 Å². The van der Waals surface area contributed by atoms with E-state index in [1.165, 1.54) is 24.4 Å². The molecule has 5 nitrogen and oxygen atoms in total. The zero-order chi connectivity index (χ0) is 22.2. The number of carbonyl (C=O) groups excluding carboxylic acids is 1. The monoisotopic (exact) mass is 464 g/mol. The Kier molecular flexibility index (Phi) is 6.50. The molecule has 0 spiro atoms. The molecule has 32 heavy (non-hydrogen) atoms. The lowest BCUT2D eigenvalue weighted by atomic mass is 10.0. The van der Waals surface area contributed by atoms with Gasteiger partial charge < -0.3 is 10.6 Å². The largest absolute Gasteiger partial charge is 0.416 e. The number of nitrogens with zero attached hydrogens (tertiary/aromatic N) is 2. The average Bonchev–Trinajstić information content (AvgIpc) is 3.12. The van der Waals surface area contributed by atoms with E-state index in [2.05, 4.69) is 20.6 Å². The molecule has 0 aliphatic carbocycles. The molecule has 166 valence electrons. The number of hydrogen-bond donors (Lipinski definition) is 2. The summed E-state index contributed by atoms with van der Waals surface area (Å²) in [6.07, 6.45) is -2.68. The molecular weight excluding hydrogens is 448 g/mol. The minimum Gasteiger partial charge on any atom is -0.308 e. The number of rotatable bonds is 3. The molecule has 1 aliphatic rings. The van der Waals surface area contributed by atoms with E-state index >= 15 is 0 Å². The smallest absolute Gasteiger partial charge is 0.308 e. The second-order valence-electron chi connectivity index (χ2n) is 6.72. The summed E-state index contributed by atoms with van der Waals surface area (Å²) in [6.45, 7) is 0. The Morgan fingerprint density at radius 3 is 2.34 bits per heavy atom. The van der Waals surface area contributed by atoms with Crippen molar-refractivity contribution in [3.8, 4) is 0 Å². The lowest BCUT2D eigenvalue weighted by Crippen LogP contribution is -2.20. The quantitative estimate of drug-likeness (QED) is 0.416. The van der Waals surface area contributed by atoms with Gasteiger partial charge in [-0.05, 0) is 48.5 Å². The van der Waals surface area contributed by atoms with Crippen LogP contribution in [-0.2, 0) is 12.6 Å². The first-order valence-corrected chi connectivity index (χ1v) is 9.34. The van der Waals surface area contributed by atoms with Crippen LogP contribution in [0.1, 0.15) is 24.1 Å². The molecule has 1 aromatic heterocycles. The van der Waals surface area contributed by atoms with E-state index < -0.39 is 23.6 Å². The van der Waals surface area contributed by atoms with E-state index in [-0.39, 0.29) is 24.4 Å². The third-order valence-corrected chi connectivity index (χ3v) is 4.72. The van der Waals surface area contributed by atoms with Crippen LogP contribution in [0.25, 0.3) is 0 Å². The molecule has 0 atom stereocenters. The molecular formula is C22H17ClF4N4O. The van der Waals surface area contributed by atoms with Crippen molar-refractivity contribution in [3.63, 3.8) is 0 Å². The number of benzene rings is 2. The van der Waals surface area contributed by atoms with Crippen molar-refractivity contribution in [2.75, 3.05) is 10.6 Å². The first kappa shape index (κ1) is 23.2. The molecule has 2 amide bonds. The van der Waals surface area contributed by atoms with Gasteiger partial charge in [0.1, 0.15) is 5.82 Å². The maximum atomic E-state index is 14.4. The number of halogens is 5. The molecule has 0 radical (unpaired) electrons. The second-order valence-corrected chi connectivity index (χ2v) is 7.16. The number of anilines is 2. The van der Waals surface area contributed by atoms with Gasteiger partial charge in [0.2, 0.25) is 0 Å². The predicted octanol–water partition coefficient (Wildman–Crippen LogP) is 6.85. The van der Waals surface area contributed by atoms with Gasteiger partial charge in [-0.3, -0.25) is 0 Å². The highest BCUT2D eigenvalue weighted by Gasteiger charge is 2.30. The Labute approximate surface area is 186 Å². The van der Waals surface area contributed by atoms with Gasteiger partial charge in [-0.15, -0.1) is 0 Å². The molecule has 0 fully saturated rings. The van der Waals surface area contributed by atoms with Crippen molar-refractivity contribution in [1.29, 1.82) is 0 Å². The number of fused-ring (bicyclic) bond motifs is 1. The highest BCUT2D eigenvalue weighted by atomic mass is 35.5. The standard InChI is InChI=1S/C21H13ClF4N4O.CH4/c22-13-7-11-8-18(30-19(11)27-10-13)16-9-15(5-6-17(16)23)29-20(31)28-14-3-1-12(2-4-14)21(24,25)26;/h1-7,9-10H,8H2,(H2,28,29,31);1H4. The molecule has 4 rings (SSSR count). The molecule has 2 heterocycles. The number of aliphatic imine (C=N–C) groups is 1. The molecule has 2 aromatic carbocycles. The van der Waals surface area contributed by atoms with Crippen molar-refractivity contribution in [1.82, 2.24) is 4.98 Å². The number of alkyl halides is 3. The van der Waals surface area contributed by atoms with Gasteiger partial charge >= 0.3 is 12.2 Å². The van der Waals surface area contributed by atoms with Crippen LogP contribution in [-0.4, -0.2) is 16.7 Å². The highest BCUT2D eigenvalue weighted by molar-refractivity contribution is 6.30. The molecule has 0 saturated heterocycles. The zero-order valence-corrected chi connectivity index (χ0v) is 16.4. The Hall–Kier alpha value is -3.46. The van der Waals surface area contributed by atoms with Crippen molar-refractivity contribution in [2.45, 2.75) is 20.0 Å². The van der Waals surface area contributed by atoms with Gasteiger partial charge in [-0.25, -0.2) is 19.2 Å². The van der Waals surface area contributed by atoms with Gasteiger partial charge in [0.15, 0.2) is 5.82 Å². The van der Waals surface area contributed by atoms with Crippen LogP contribution in [0.5, 0.6) is 0 Å². The Bertz CT molecular complexity index is 1190. The van der Waals surface area contributed by atoms with Crippen molar-refractivity contribution in [3.05, 3.63) is 82.3 Å². The fourth-order valence-corrected chi connectivity index (χ4v) is 3.25. The summed E-state index contributed by atoms with van der Waals surface area (Å²) in [4.78, 5) is 20.6. The predicted molar refractivity (Wildman–Crippen MR) is 116 cm³/mol. The van der Waals surface area contributed by atoms with Crippen molar-refractivity contribution < 1.29 is 22.4 Å². The average molecular weight is 465 g/mol. The zero-order valence-electron chi connectivity index (χ0n) is 15.6. The fourth-order valence-electron chi connectivity index (χ4n) is 3.07. The molecule has 0 bridgehead atoms. The van der Waals surface area contributed by atoms with E-state index in [9.17, 15) is 22.4 Å². The maximum Gasteiger partial charge on any atom is 0.416 e. The van der Waals surface area contributed by atoms with Gasteiger partial charge in [0.05, 0.1) is 16.3 Å². The maximum absolute atomic E-state index is 14.4. The third-order valence-electron chi connectivity index (χ3n) is 4.51. The van der Waals surface area contributed by atoms with Crippen LogP contribution in [0.3, 0.4) is 0 Å². The van der Waals surface area contributed by atoms with Crippen LogP contribution >= 0.6 is 11.6 Å². The van der Waals surface area contributed by atoms with Gasteiger partial charge in [0, 0.05) is 35.1 Å². The number of amides is 2. The number of aromatic nitrogens is 1. The summed E-state index contributed by atoms with van der Waals surface area (Å²) in [6, 6.07) is 9.00. The first-order chi connectivity index (χ1) is 14.7. The van der Waals surface area contributed by atoms with Crippen molar-refractivity contribution in [2.24, 2.45) is 4.99 Å². The molecule has 2 N–H and O–H groups in total. The van der Waals surface area contributed by atoms with Crippen LogP contribution in [0, 0.1) is 5.82 Å². The number of carbonyl (C=O) groups is 1. The molecule has 3 aromatic rings. The SMILES string of the molecule is C.O=C(Nc1ccc(C(F)(F)F)cc1)Nc1ccc(F)c(C2=Nc3ncc(Cl)cc3C2)c1.